The molecule has 0 aliphatic rings. The normalized spacial score (nSPS) is 9.94. The highest BCUT2D eigenvalue weighted by Crippen LogP contribution is 2.22. The van der Waals surface area contributed by atoms with Crippen molar-refractivity contribution in [2.75, 3.05) is 0 Å². The summed E-state index contributed by atoms with van der Waals surface area (Å²) in [4.78, 5) is 14.6. The molecule has 4 heteroatoms. The van der Waals surface area contributed by atoms with Crippen LogP contribution in [0.3, 0.4) is 0 Å². The lowest BCUT2D eigenvalue weighted by Gasteiger charge is -2.07. The van der Waals surface area contributed by atoms with Crippen LogP contribution in [0, 0.1) is 6.92 Å². The number of nitrogens with zero attached hydrogens (tertiary/aromatic N) is 1. The van der Waals surface area contributed by atoms with Crippen LogP contribution >= 0.6 is 0 Å². The first kappa shape index (κ1) is 11.1. The van der Waals surface area contributed by atoms with E-state index < -0.39 is 5.97 Å². The van der Waals surface area contributed by atoms with Crippen LogP contribution in [-0.4, -0.2) is 16.1 Å². The zero-order chi connectivity index (χ0) is 12.3. The standard InChI is InChI=1S/C13H11NO3/c1-9-5-2-3-7-11(9)17-12-8-4-6-10(14-12)13(15)16/h2-8H,1H3,(H,15,16). The molecule has 0 aliphatic carbocycles. The lowest BCUT2D eigenvalue weighted by atomic mass is 10.2. The lowest BCUT2D eigenvalue weighted by molar-refractivity contribution is 0.0689. The van der Waals surface area contributed by atoms with E-state index in [0.29, 0.717) is 5.75 Å². The van der Waals surface area contributed by atoms with Gasteiger partial charge in [0, 0.05) is 6.07 Å². The predicted molar refractivity (Wildman–Crippen MR) is 62.4 cm³/mol. The van der Waals surface area contributed by atoms with Gasteiger partial charge in [0.2, 0.25) is 5.88 Å². The van der Waals surface area contributed by atoms with Gasteiger partial charge in [0.25, 0.3) is 0 Å². The first-order chi connectivity index (χ1) is 8.16. The van der Waals surface area contributed by atoms with E-state index in [2.05, 4.69) is 4.98 Å². The van der Waals surface area contributed by atoms with E-state index in [1.807, 2.05) is 31.2 Å². The minimum absolute atomic E-state index is 0.0314. The molecule has 0 bridgehead atoms. The van der Waals surface area contributed by atoms with Gasteiger partial charge in [0.1, 0.15) is 5.75 Å². The molecule has 86 valence electrons. The smallest absolute Gasteiger partial charge is 0.354 e. The van der Waals surface area contributed by atoms with Gasteiger partial charge in [-0.2, -0.15) is 0 Å². The molecule has 0 spiro atoms. The number of benzene rings is 1. The fourth-order valence-corrected chi connectivity index (χ4v) is 1.37. The molecule has 1 aromatic carbocycles. The van der Waals surface area contributed by atoms with Crippen LogP contribution in [0.25, 0.3) is 0 Å². The summed E-state index contributed by atoms with van der Waals surface area (Å²) in [7, 11) is 0. The lowest BCUT2D eigenvalue weighted by Crippen LogP contribution is -2.01. The quantitative estimate of drug-likeness (QED) is 0.879. The number of hydrogen-bond acceptors (Lipinski definition) is 3. The molecule has 0 radical (unpaired) electrons. The van der Waals surface area contributed by atoms with Crippen LogP contribution in [0.1, 0.15) is 16.1 Å². The summed E-state index contributed by atoms with van der Waals surface area (Å²) >= 11 is 0. The number of aromatic carboxylic acids is 1. The first-order valence-electron chi connectivity index (χ1n) is 5.10. The number of pyridine rings is 1. The molecule has 0 aliphatic heterocycles. The molecule has 2 aromatic rings. The molecule has 0 saturated heterocycles. The summed E-state index contributed by atoms with van der Waals surface area (Å²) in [5.74, 6) is -0.123. The van der Waals surface area contributed by atoms with Gasteiger partial charge in [0.15, 0.2) is 5.69 Å². The van der Waals surface area contributed by atoms with Gasteiger partial charge in [-0.1, -0.05) is 24.3 Å². The predicted octanol–water partition coefficient (Wildman–Crippen LogP) is 2.88. The number of rotatable bonds is 3. The molecule has 1 aromatic heterocycles. The van der Waals surface area contributed by atoms with Gasteiger partial charge in [-0.3, -0.25) is 0 Å². The largest absolute Gasteiger partial charge is 0.477 e. The third kappa shape index (κ3) is 2.60. The maximum absolute atomic E-state index is 10.8. The van der Waals surface area contributed by atoms with Crippen LogP contribution < -0.4 is 4.74 Å². The maximum atomic E-state index is 10.8. The summed E-state index contributed by atoms with van der Waals surface area (Å²) in [5.41, 5.74) is 0.936. The zero-order valence-corrected chi connectivity index (χ0v) is 9.25. The maximum Gasteiger partial charge on any atom is 0.354 e. The van der Waals surface area contributed by atoms with Crippen LogP contribution in [0.5, 0.6) is 11.6 Å². The van der Waals surface area contributed by atoms with Crippen LogP contribution in [0.15, 0.2) is 42.5 Å². The third-order valence-electron chi connectivity index (χ3n) is 2.25. The van der Waals surface area contributed by atoms with E-state index in [1.165, 1.54) is 6.07 Å². The molecule has 0 unspecified atom stereocenters. The van der Waals surface area contributed by atoms with Crippen molar-refractivity contribution in [1.82, 2.24) is 4.98 Å². The minimum atomic E-state index is -1.07. The molecular weight excluding hydrogens is 218 g/mol. The summed E-state index contributed by atoms with van der Waals surface area (Å²) in [6, 6.07) is 12.1. The Balaban J connectivity index is 2.28. The average Bonchev–Trinajstić information content (AvgIpc) is 2.32. The molecule has 0 atom stereocenters. The fraction of sp³-hybridized carbons (Fsp3) is 0.0769. The Bertz CT molecular complexity index is 552. The van der Waals surface area contributed by atoms with E-state index in [9.17, 15) is 4.79 Å². The van der Waals surface area contributed by atoms with Crippen LogP contribution in [0.2, 0.25) is 0 Å². The number of ether oxygens (including phenoxy) is 1. The highest BCUT2D eigenvalue weighted by Gasteiger charge is 2.07. The highest BCUT2D eigenvalue weighted by molar-refractivity contribution is 5.85. The molecule has 0 saturated carbocycles. The molecule has 17 heavy (non-hydrogen) atoms. The average molecular weight is 229 g/mol. The molecule has 4 nitrogen and oxygen atoms in total. The van der Waals surface area contributed by atoms with Crippen molar-refractivity contribution in [3.8, 4) is 11.6 Å². The summed E-state index contributed by atoms with van der Waals surface area (Å²) in [6.45, 7) is 1.91. The third-order valence-corrected chi connectivity index (χ3v) is 2.25. The Hall–Kier alpha value is -2.36. The van der Waals surface area contributed by atoms with E-state index in [-0.39, 0.29) is 11.6 Å². The number of hydrogen-bond donors (Lipinski definition) is 1. The van der Waals surface area contributed by atoms with Crippen LogP contribution in [-0.2, 0) is 0 Å². The van der Waals surface area contributed by atoms with Gasteiger partial charge >= 0.3 is 5.97 Å². The van der Waals surface area contributed by atoms with Crippen LogP contribution in [0.4, 0.5) is 0 Å². The molecule has 0 fully saturated rings. The second kappa shape index (κ2) is 4.65. The van der Waals surface area contributed by atoms with Crippen molar-refractivity contribution < 1.29 is 14.6 Å². The Labute approximate surface area is 98.5 Å². The van der Waals surface area contributed by atoms with Crippen molar-refractivity contribution >= 4 is 5.97 Å². The van der Waals surface area contributed by atoms with E-state index in [4.69, 9.17) is 9.84 Å². The molecular formula is C13H11NO3. The Morgan fingerprint density at radius 2 is 1.94 bits per heavy atom. The Morgan fingerprint density at radius 3 is 2.65 bits per heavy atom. The van der Waals surface area contributed by atoms with E-state index in [0.717, 1.165) is 5.56 Å². The second-order valence-corrected chi connectivity index (χ2v) is 3.53. The summed E-state index contributed by atoms with van der Waals surface area (Å²) in [6.07, 6.45) is 0. The topological polar surface area (TPSA) is 59.4 Å². The number of para-hydroxylation sites is 1. The van der Waals surface area contributed by atoms with Gasteiger partial charge in [-0.05, 0) is 24.6 Å². The number of carboxylic acid groups (broad SMARTS) is 1. The Morgan fingerprint density at radius 1 is 1.18 bits per heavy atom. The van der Waals surface area contributed by atoms with E-state index in [1.54, 1.807) is 12.1 Å². The second-order valence-electron chi connectivity index (χ2n) is 3.53. The number of aromatic nitrogens is 1. The van der Waals surface area contributed by atoms with E-state index >= 15 is 0 Å². The van der Waals surface area contributed by atoms with Crippen molar-refractivity contribution in [3.05, 3.63) is 53.7 Å². The first-order valence-corrected chi connectivity index (χ1v) is 5.10. The number of carbonyl (C=O) groups is 1. The summed E-state index contributed by atoms with van der Waals surface area (Å²) in [5, 5.41) is 8.81. The highest BCUT2D eigenvalue weighted by atomic mass is 16.5. The zero-order valence-electron chi connectivity index (χ0n) is 9.25. The monoisotopic (exact) mass is 229 g/mol. The van der Waals surface area contributed by atoms with Gasteiger partial charge in [-0.25, -0.2) is 9.78 Å². The minimum Gasteiger partial charge on any atom is -0.477 e. The summed E-state index contributed by atoms with van der Waals surface area (Å²) < 4.78 is 5.53. The molecule has 1 heterocycles. The van der Waals surface area contributed by atoms with Gasteiger partial charge in [0.05, 0.1) is 0 Å². The van der Waals surface area contributed by atoms with Gasteiger partial charge < -0.3 is 9.84 Å². The molecule has 0 amide bonds. The number of carboxylic acids is 1. The fourth-order valence-electron chi connectivity index (χ4n) is 1.37. The van der Waals surface area contributed by atoms with Crippen molar-refractivity contribution in [2.24, 2.45) is 0 Å². The molecule has 1 N–H and O–H groups in total. The Kier molecular flexibility index (Phi) is 3.05. The van der Waals surface area contributed by atoms with Crippen molar-refractivity contribution in [1.29, 1.82) is 0 Å². The van der Waals surface area contributed by atoms with Crippen molar-refractivity contribution in [2.45, 2.75) is 6.92 Å². The SMILES string of the molecule is Cc1ccccc1Oc1cccc(C(=O)O)n1. The van der Waals surface area contributed by atoms with Gasteiger partial charge in [-0.15, -0.1) is 0 Å². The molecule has 2 rings (SSSR count). The van der Waals surface area contributed by atoms with Crippen molar-refractivity contribution in [3.63, 3.8) is 0 Å². The number of aryl methyl sites for hydroxylation is 1.